The van der Waals surface area contributed by atoms with Crippen molar-refractivity contribution in [3.8, 4) is 0 Å². The Kier molecular flexibility index (Phi) is 3.36. The van der Waals surface area contributed by atoms with E-state index >= 15 is 0 Å². The van der Waals surface area contributed by atoms with Crippen LogP contribution in [0.4, 0.5) is 8.78 Å². The molecule has 3 nitrogen and oxygen atoms in total. The van der Waals surface area contributed by atoms with Crippen LogP contribution in [0.5, 0.6) is 0 Å². The molecule has 0 aromatic heterocycles. The Morgan fingerprint density at radius 2 is 2.07 bits per heavy atom. The Bertz CT molecular complexity index is 366. The predicted molar refractivity (Wildman–Crippen MR) is 50.7 cm³/mol. The number of nitrogens with two attached hydrogens (primary N) is 1. The molecule has 1 aromatic carbocycles. The molecular weight excluding hydrogens is 204 g/mol. The van der Waals surface area contributed by atoms with Crippen LogP contribution in [-0.4, -0.2) is 19.6 Å². The number of rotatable bonds is 3. The summed E-state index contributed by atoms with van der Waals surface area (Å²) >= 11 is 0. The number of hydrogen-bond donors (Lipinski definition) is 1. The minimum absolute atomic E-state index is 0.157. The van der Waals surface area contributed by atoms with Gasteiger partial charge in [0.15, 0.2) is 0 Å². The van der Waals surface area contributed by atoms with E-state index in [1.807, 2.05) is 0 Å². The Balaban J connectivity index is 3.23. The highest BCUT2D eigenvalue weighted by atomic mass is 19.3. The maximum atomic E-state index is 13.3. The van der Waals surface area contributed by atoms with E-state index in [0.29, 0.717) is 0 Å². The molecule has 0 aliphatic heterocycles. The van der Waals surface area contributed by atoms with Crippen molar-refractivity contribution >= 4 is 5.97 Å². The highest BCUT2D eigenvalue weighted by Crippen LogP contribution is 2.29. The summed E-state index contributed by atoms with van der Waals surface area (Å²) in [6, 6.07) is 5.36. The molecule has 0 radical (unpaired) electrons. The molecule has 15 heavy (non-hydrogen) atoms. The molecule has 0 bridgehead atoms. The van der Waals surface area contributed by atoms with Crippen LogP contribution in [0.3, 0.4) is 0 Å². The summed E-state index contributed by atoms with van der Waals surface area (Å²) < 4.78 is 31.0. The standard InChI is InChI=1S/C10H11F2NO2/c1-15-9(14)7-4-2-3-5-8(7)10(11,12)6-13/h2-5H,6,13H2,1H3. The lowest BCUT2D eigenvalue weighted by atomic mass is 10.0. The highest BCUT2D eigenvalue weighted by molar-refractivity contribution is 5.91. The van der Waals surface area contributed by atoms with Crippen molar-refractivity contribution < 1.29 is 18.3 Å². The fourth-order valence-corrected chi connectivity index (χ4v) is 1.20. The minimum Gasteiger partial charge on any atom is -0.465 e. The normalized spacial score (nSPS) is 11.2. The number of hydrogen-bond acceptors (Lipinski definition) is 3. The lowest BCUT2D eigenvalue weighted by Crippen LogP contribution is -2.27. The number of benzene rings is 1. The maximum Gasteiger partial charge on any atom is 0.338 e. The Hall–Kier alpha value is -1.49. The van der Waals surface area contributed by atoms with Crippen LogP contribution in [0.1, 0.15) is 15.9 Å². The number of halogens is 2. The van der Waals surface area contributed by atoms with Gasteiger partial charge in [0.25, 0.3) is 5.92 Å². The molecular formula is C10H11F2NO2. The molecule has 82 valence electrons. The molecule has 1 rings (SSSR count). The van der Waals surface area contributed by atoms with Gasteiger partial charge in [-0.25, -0.2) is 4.79 Å². The van der Waals surface area contributed by atoms with Gasteiger partial charge in [-0.15, -0.1) is 0 Å². The molecule has 5 heteroatoms. The zero-order valence-electron chi connectivity index (χ0n) is 8.17. The number of ether oxygens (including phenoxy) is 1. The monoisotopic (exact) mass is 215 g/mol. The van der Waals surface area contributed by atoms with Crippen molar-refractivity contribution in [1.82, 2.24) is 0 Å². The number of carbonyl (C=O) groups is 1. The van der Waals surface area contributed by atoms with Gasteiger partial charge in [-0.3, -0.25) is 0 Å². The van der Waals surface area contributed by atoms with Crippen LogP contribution in [-0.2, 0) is 10.7 Å². The van der Waals surface area contributed by atoms with E-state index in [0.717, 1.165) is 7.11 Å². The predicted octanol–water partition coefficient (Wildman–Crippen LogP) is 1.52. The maximum absolute atomic E-state index is 13.3. The fourth-order valence-electron chi connectivity index (χ4n) is 1.20. The van der Waals surface area contributed by atoms with Crippen molar-refractivity contribution in [1.29, 1.82) is 0 Å². The minimum atomic E-state index is -3.22. The van der Waals surface area contributed by atoms with Gasteiger partial charge < -0.3 is 10.5 Å². The van der Waals surface area contributed by atoms with Gasteiger partial charge in [-0.2, -0.15) is 8.78 Å². The molecule has 0 unspecified atom stereocenters. The van der Waals surface area contributed by atoms with Crippen LogP contribution in [0, 0.1) is 0 Å². The average molecular weight is 215 g/mol. The van der Waals surface area contributed by atoms with Crippen molar-refractivity contribution in [2.24, 2.45) is 5.73 Å². The molecule has 0 saturated carbocycles. The van der Waals surface area contributed by atoms with Gasteiger partial charge in [0.2, 0.25) is 0 Å². The number of esters is 1. The molecule has 0 spiro atoms. The summed E-state index contributed by atoms with van der Waals surface area (Å²) in [4.78, 5) is 11.2. The first kappa shape index (κ1) is 11.6. The second-order valence-electron chi connectivity index (χ2n) is 2.95. The second-order valence-corrected chi connectivity index (χ2v) is 2.95. The second kappa shape index (κ2) is 4.35. The summed E-state index contributed by atoms with van der Waals surface area (Å²) in [7, 11) is 1.14. The van der Waals surface area contributed by atoms with Crippen molar-refractivity contribution in [3.05, 3.63) is 35.4 Å². The Morgan fingerprint density at radius 1 is 1.47 bits per heavy atom. The van der Waals surface area contributed by atoms with Gasteiger partial charge in [-0.05, 0) is 6.07 Å². The van der Waals surface area contributed by atoms with E-state index < -0.39 is 24.0 Å². The molecule has 0 atom stereocenters. The lowest BCUT2D eigenvalue weighted by molar-refractivity contribution is 0.00391. The van der Waals surface area contributed by atoms with E-state index in [1.54, 1.807) is 0 Å². The topological polar surface area (TPSA) is 52.3 Å². The van der Waals surface area contributed by atoms with Gasteiger partial charge in [-0.1, -0.05) is 18.2 Å². The molecule has 0 saturated heterocycles. The third kappa shape index (κ3) is 2.30. The van der Waals surface area contributed by atoms with Crippen LogP contribution < -0.4 is 5.73 Å². The molecule has 1 aromatic rings. The van der Waals surface area contributed by atoms with Crippen molar-refractivity contribution in [2.45, 2.75) is 5.92 Å². The zero-order valence-corrected chi connectivity index (χ0v) is 8.17. The first-order valence-corrected chi connectivity index (χ1v) is 4.28. The molecule has 0 fully saturated rings. The zero-order chi connectivity index (χ0) is 11.5. The van der Waals surface area contributed by atoms with Crippen LogP contribution in [0.2, 0.25) is 0 Å². The summed E-state index contributed by atoms with van der Waals surface area (Å²) in [5, 5.41) is 0. The Labute approximate surface area is 85.8 Å². The Morgan fingerprint density at radius 3 is 2.60 bits per heavy atom. The highest BCUT2D eigenvalue weighted by Gasteiger charge is 2.33. The van der Waals surface area contributed by atoms with Crippen LogP contribution in [0.15, 0.2) is 24.3 Å². The lowest BCUT2D eigenvalue weighted by Gasteiger charge is -2.16. The largest absolute Gasteiger partial charge is 0.465 e. The summed E-state index contributed by atoms with van der Waals surface area (Å²) in [5.41, 5.74) is 4.39. The number of carbonyl (C=O) groups excluding carboxylic acids is 1. The molecule has 0 aliphatic carbocycles. The smallest absolute Gasteiger partial charge is 0.338 e. The third-order valence-corrected chi connectivity index (χ3v) is 1.98. The van der Waals surface area contributed by atoms with Gasteiger partial charge in [0.05, 0.1) is 19.2 Å². The van der Waals surface area contributed by atoms with Gasteiger partial charge >= 0.3 is 5.97 Å². The summed E-state index contributed by atoms with van der Waals surface area (Å²) in [6.07, 6.45) is 0. The molecule has 0 amide bonds. The third-order valence-electron chi connectivity index (χ3n) is 1.98. The number of methoxy groups -OCH3 is 1. The van der Waals surface area contributed by atoms with E-state index in [9.17, 15) is 13.6 Å². The average Bonchev–Trinajstić information content (AvgIpc) is 2.28. The first-order chi connectivity index (χ1) is 7.03. The first-order valence-electron chi connectivity index (χ1n) is 4.28. The van der Waals surface area contributed by atoms with E-state index in [2.05, 4.69) is 4.74 Å². The fraction of sp³-hybridized carbons (Fsp3) is 0.300. The van der Waals surface area contributed by atoms with Crippen molar-refractivity contribution in [3.63, 3.8) is 0 Å². The van der Waals surface area contributed by atoms with Crippen LogP contribution in [0.25, 0.3) is 0 Å². The molecule has 0 aliphatic rings. The quantitative estimate of drug-likeness (QED) is 0.778. The molecule has 0 heterocycles. The van der Waals surface area contributed by atoms with E-state index in [-0.39, 0.29) is 5.56 Å². The van der Waals surface area contributed by atoms with Gasteiger partial charge in [0.1, 0.15) is 0 Å². The van der Waals surface area contributed by atoms with E-state index in [1.165, 1.54) is 24.3 Å². The molecule has 2 N–H and O–H groups in total. The number of alkyl halides is 2. The summed E-state index contributed by atoms with van der Waals surface area (Å²) in [6.45, 7) is -0.846. The SMILES string of the molecule is COC(=O)c1ccccc1C(F)(F)CN. The van der Waals surface area contributed by atoms with E-state index in [4.69, 9.17) is 5.73 Å². The van der Waals surface area contributed by atoms with Crippen LogP contribution >= 0.6 is 0 Å². The summed E-state index contributed by atoms with van der Waals surface area (Å²) in [5.74, 6) is -4.01. The van der Waals surface area contributed by atoms with Gasteiger partial charge in [0, 0.05) is 5.56 Å². The van der Waals surface area contributed by atoms with Crippen molar-refractivity contribution in [2.75, 3.05) is 13.7 Å².